The van der Waals surface area contributed by atoms with Gasteiger partial charge in [0.05, 0.1) is 12.8 Å². The second kappa shape index (κ2) is 8.54. The van der Waals surface area contributed by atoms with Gasteiger partial charge in [0, 0.05) is 23.6 Å². The van der Waals surface area contributed by atoms with Crippen molar-refractivity contribution < 1.29 is 14.3 Å². The Morgan fingerprint density at radius 2 is 1.88 bits per heavy atom. The van der Waals surface area contributed by atoms with Gasteiger partial charge in [0.15, 0.2) is 0 Å². The summed E-state index contributed by atoms with van der Waals surface area (Å²) in [6, 6.07) is 5.31. The van der Waals surface area contributed by atoms with Gasteiger partial charge in [-0.2, -0.15) is 0 Å². The Bertz CT molecular complexity index is 650. The molecule has 0 aromatic heterocycles. The molecule has 0 aliphatic carbocycles. The molecule has 0 atom stereocenters. The lowest BCUT2D eigenvalue weighted by atomic mass is 9.79. The average Bonchev–Trinajstić information content (AvgIpc) is 2.58. The second-order valence-corrected chi connectivity index (χ2v) is 7.88. The topological polar surface area (TPSA) is 70.7 Å². The fourth-order valence-electron chi connectivity index (χ4n) is 3.07. The molecule has 1 fully saturated rings. The van der Waals surface area contributed by atoms with E-state index in [0.29, 0.717) is 23.5 Å². The summed E-state index contributed by atoms with van der Waals surface area (Å²) in [6.45, 7) is 7.87. The van der Waals surface area contributed by atoms with Crippen molar-refractivity contribution in [1.82, 2.24) is 4.90 Å². The minimum Gasteiger partial charge on any atom is -0.494 e. The van der Waals surface area contributed by atoms with Crippen LogP contribution >= 0.6 is 0 Å². The smallest absolute Gasteiger partial charge is 0.230 e. The Balaban J connectivity index is 2.06. The molecule has 0 saturated carbocycles. The highest BCUT2D eigenvalue weighted by Crippen LogP contribution is 2.33. The molecule has 6 nitrogen and oxygen atoms in total. The molecule has 0 unspecified atom stereocenters. The molecule has 2 amide bonds. The van der Waals surface area contributed by atoms with E-state index in [1.165, 1.54) is 0 Å². The standard InChI is InChI=1S/C20H31N3O3/c1-14(2)12-18(24)22-16-7-6-15(13-17(16)26-5)21-19(25)20(3)8-10-23(4)11-9-20/h6-7,13-14H,8-12H2,1-5H3,(H,21,25)(H,22,24). The SMILES string of the molecule is COc1cc(NC(=O)C2(C)CCN(C)CC2)ccc1NC(=O)CC(C)C. The zero-order valence-electron chi connectivity index (χ0n) is 16.5. The first kappa shape index (κ1) is 20.2. The number of hydrogen-bond donors (Lipinski definition) is 2. The lowest BCUT2D eigenvalue weighted by Gasteiger charge is -2.36. The van der Waals surface area contributed by atoms with Crippen LogP contribution in [0.1, 0.15) is 40.0 Å². The quantitative estimate of drug-likeness (QED) is 0.815. The van der Waals surface area contributed by atoms with Gasteiger partial charge in [-0.05, 0) is 51.0 Å². The normalized spacial score (nSPS) is 17.0. The van der Waals surface area contributed by atoms with Crippen LogP contribution in [0.25, 0.3) is 0 Å². The molecule has 0 spiro atoms. The number of ether oxygens (including phenoxy) is 1. The first-order valence-corrected chi connectivity index (χ1v) is 9.21. The maximum atomic E-state index is 12.7. The number of nitrogens with one attached hydrogen (secondary N) is 2. The summed E-state index contributed by atoms with van der Waals surface area (Å²) in [5.41, 5.74) is 0.930. The van der Waals surface area contributed by atoms with Crippen LogP contribution in [0.5, 0.6) is 5.75 Å². The van der Waals surface area contributed by atoms with Crippen LogP contribution in [0.2, 0.25) is 0 Å². The molecule has 0 bridgehead atoms. The number of anilines is 2. The van der Waals surface area contributed by atoms with Gasteiger partial charge < -0.3 is 20.3 Å². The van der Waals surface area contributed by atoms with E-state index < -0.39 is 0 Å². The van der Waals surface area contributed by atoms with E-state index in [9.17, 15) is 9.59 Å². The number of nitrogens with zero attached hydrogens (tertiary/aromatic N) is 1. The fraction of sp³-hybridized carbons (Fsp3) is 0.600. The summed E-state index contributed by atoms with van der Waals surface area (Å²) in [7, 11) is 3.63. The zero-order valence-corrected chi connectivity index (χ0v) is 16.5. The van der Waals surface area contributed by atoms with Crippen molar-refractivity contribution in [2.24, 2.45) is 11.3 Å². The van der Waals surface area contributed by atoms with Crippen LogP contribution in [-0.2, 0) is 9.59 Å². The minimum atomic E-state index is -0.357. The van der Waals surface area contributed by atoms with Crippen molar-refractivity contribution >= 4 is 23.2 Å². The van der Waals surface area contributed by atoms with E-state index in [0.717, 1.165) is 25.9 Å². The van der Waals surface area contributed by atoms with Crippen molar-refractivity contribution in [1.29, 1.82) is 0 Å². The summed E-state index contributed by atoms with van der Waals surface area (Å²) >= 11 is 0. The third-order valence-electron chi connectivity index (χ3n) is 4.97. The summed E-state index contributed by atoms with van der Waals surface area (Å²) in [4.78, 5) is 27.0. The number of amides is 2. The van der Waals surface area contributed by atoms with Gasteiger partial charge in [-0.3, -0.25) is 9.59 Å². The summed E-state index contributed by atoms with van der Waals surface area (Å²) < 4.78 is 5.39. The fourth-order valence-corrected chi connectivity index (χ4v) is 3.07. The summed E-state index contributed by atoms with van der Waals surface area (Å²) in [5, 5.41) is 5.87. The predicted octanol–water partition coefficient (Wildman–Crippen LogP) is 3.35. The Morgan fingerprint density at radius 1 is 1.23 bits per heavy atom. The first-order chi connectivity index (χ1) is 12.2. The third kappa shape index (κ3) is 5.21. The van der Waals surface area contributed by atoms with Gasteiger partial charge >= 0.3 is 0 Å². The van der Waals surface area contributed by atoms with Crippen molar-refractivity contribution in [2.45, 2.75) is 40.0 Å². The lowest BCUT2D eigenvalue weighted by Crippen LogP contribution is -2.43. The Kier molecular flexibility index (Phi) is 6.64. The lowest BCUT2D eigenvalue weighted by molar-refractivity contribution is -0.127. The highest BCUT2D eigenvalue weighted by molar-refractivity contribution is 5.97. The number of carbonyl (C=O) groups excluding carboxylic acids is 2. The van der Waals surface area contributed by atoms with Gasteiger partial charge in [-0.25, -0.2) is 0 Å². The number of benzene rings is 1. The van der Waals surface area contributed by atoms with Gasteiger partial charge in [-0.15, -0.1) is 0 Å². The van der Waals surface area contributed by atoms with E-state index in [1.807, 2.05) is 20.8 Å². The highest BCUT2D eigenvalue weighted by Gasteiger charge is 2.36. The van der Waals surface area contributed by atoms with E-state index in [4.69, 9.17) is 4.74 Å². The van der Waals surface area contributed by atoms with Crippen molar-refractivity contribution in [3.8, 4) is 5.75 Å². The van der Waals surface area contributed by atoms with Crippen LogP contribution in [-0.4, -0.2) is 44.0 Å². The molecule has 0 radical (unpaired) electrons. The number of carbonyl (C=O) groups is 2. The maximum absolute atomic E-state index is 12.7. The second-order valence-electron chi connectivity index (χ2n) is 7.88. The zero-order chi connectivity index (χ0) is 19.3. The molecule has 1 saturated heterocycles. The summed E-state index contributed by atoms with van der Waals surface area (Å²) in [5.74, 6) is 0.807. The molecule has 144 valence electrons. The van der Waals surface area contributed by atoms with Gasteiger partial charge in [0.25, 0.3) is 0 Å². The third-order valence-corrected chi connectivity index (χ3v) is 4.97. The monoisotopic (exact) mass is 361 g/mol. The number of piperidine rings is 1. The van der Waals surface area contributed by atoms with Crippen LogP contribution < -0.4 is 15.4 Å². The molecular formula is C20H31N3O3. The van der Waals surface area contributed by atoms with Crippen LogP contribution in [0.15, 0.2) is 18.2 Å². The largest absolute Gasteiger partial charge is 0.494 e. The number of hydrogen-bond acceptors (Lipinski definition) is 4. The predicted molar refractivity (Wildman–Crippen MR) is 105 cm³/mol. The molecule has 2 rings (SSSR count). The molecular weight excluding hydrogens is 330 g/mol. The molecule has 2 N–H and O–H groups in total. The van der Waals surface area contributed by atoms with Crippen molar-refractivity contribution in [2.75, 3.05) is 37.9 Å². The Hall–Kier alpha value is -2.08. The first-order valence-electron chi connectivity index (χ1n) is 9.21. The minimum absolute atomic E-state index is 0.0317. The molecule has 1 heterocycles. The Labute approximate surface area is 156 Å². The van der Waals surface area contributed by atoms with Gasteiger partial charge in [0.2, 0.25) is 11.8 Å². The van der Waals surface area contributed by atoms with Crippen molar-refractivity contribution in [3.05, 3.63) is 18.2 Å². The molecule has 1 aromatic rings. The van der Waals surface area contributed by atoms with E-state index in [1.54, 1.807) is 25.3 Å². The molecule has 26 heavy (non-hydrogen) atoms. The number of likely N-dealkylation sites (tertiary alicyclic amines) is 1. The highest BCUT2D eigenvalue weighted by atomic mass is 16.5. The molecule has 1 aromatic carbocycles. The number of methoxy groups -OCH3 is 1. The van der Waals surface area contributed by atoms with Crippen molar-refractivity contribution in [3.63, 3.8) is 0 Å². The molecule has 6 heteroatoms. The molecule has 1 aliphatic heterocycles. The van der Waals surface area contributed by atoms with E-state index in [2.05, 4.69) is 22.6 Å². The maximum Gasteiger partial charge on any atom is 0.230 e. The van der Waals surface area contributed by atoms with E-state index in [-0.39, 0.29) is 23.1 Å². The molecule has 1 aliphatic rings. The Morgan fingerprint density at radius 3 is 2.46 bits per heavy atom. The van der Waals surface area contributed by atoms with Crippen LogP contribution in [0, 0.1) is 11.3 Å². The van der Waals surface area contributed by atoms with Crippen LogP contribution in [0.4, 0.5) is 11.4 Å². The van der Waals surface area contributed by atoms with Crippen LogP contribution in [0.3, 0.4) is 0 Å². The van der Waals surface area contributed by atoms with E-state index >= 15 is 0 Å². The average molecular weight is 361 g/mol. The van der Waals surface area contributed by atoms with Gasteiger partial charge in [0.1, 0.15) is 5.75 Å². The number of rotatable bonds is 6. The van der Waals surface area contributed by atoms with Gasteiger partial charge in [-0.1, -0.05) is 20.8 Å². The summed E-state index contributed by atoms with van der Waals surface area (Å²) in [6.07, 6.45) is 2.14.